The molecule has 0 saturated carbocycles. The van der Waals surface area contributed by atoms with Gasteiger partial charge < -0.3 is 19.3 Å². The highest BCUT2D eigenvalue weighted by molar-refractivity contribution is 7.10. The summed E-state index contributed by atoms with van der Waals surface area (Å²) in [6.45, 7) is 1.38. The molecule has 2 amide bonds. The molecule has 2 aliphatic rings. The second kappa shape index (κ2) is 9.96. The van der Waals surface area contributed by atoms with Crippen molar-refractivity contribution in [3.05, 3.63) is 81.6 Å². The Morgan fingerprint density at radius 2 is 1.80 bits per heavy atom. The normalized spacial score (nSPS) is 17.7. The summed E-state index contributed by atoms with van der Waals surface area (Å²) >= 11 is 1.64. The zero-order valence-electron chi connectivity index (χ0n) is 19.9. The van der Waals surface area contributed by atoms with Gasteiger partial charge in [0.2, 0.25) is 11.8 Å². The molecule has 0 spiro atoms. The molecule has 180 valence electrons. The van der Waals surface area contributed by atoms with Crippen molar-refractivity contribution in [2.75, 3.05) is 32.2 Å². The van der Waals surface area contributed by atoms with Crippen molar-refractivity contribution < 1.29 is 19.1 Å². The highest BCUT2D eigenvalue weighted by Crippen LogP contribution is 2.42. The van der Waals surface area contributed by atoms with E-state index in [-0.39, 0.29) is 17.9 Å². The maximum absolute atomic E-state index is 13.4. The largest absolute Gasteiger partial charge is 0.493 e. The van der Waals surface area contributed by atoms with Crippen LogP contribution < -0.4 is 14.4 Å². The lowest BCUT2D eigenvalue weighted by atomic mass is 9.90. The van der Waals surface area contributed by atoms with Crippen LogP contribution in [-0.4, -0.2) is 44.0 Å². The van der Waals surface area contributed by atoms with Gasteiger partial charge in [0, 0.05) is 36.2 Å². The molecular formula is C28H28N2O4S. The van der Waals surface area contributed by atoms with Gasteiger partial charge in [0.25, 0.3) is 0 Å². The first kappa shape index (κ1) is 23.2. The zero-order valence-corrected chi connectivity index (χ0v) is 20.7. The molecule has 0 radical (unpaired) electrons. The zero-order chi connectivity index (χ0) is 24.4. The molecule has 6 nitrogen and oxygen atoms in total. The van der Waals surface area contributed by atoms with Crippen molar-refractivity contribution >= 4 is 34.9 Å². The summed E-state index contributed by atoms with van der Waals surface area (Å²) in [7, 11) is 3.27. The van der Waals surface area contributed by atoms with Gasteiger partial charge in [-0.3, -0.25) is 9.59 Å². The van der Waals surface area contributed by atoms with Crippen LogP contribution in [0.4, 0.5) is 5.69 Å². The van der Waals surface area contributed by atoms with Crippen LogP contribution in [0.5, 0.6) is 11.5 Å². The second-order valence-corrected chi connectivity index (χ2v) is 9.66. The Morgan fingerprint density at radius 1 is 1.03 bits per heavy atom. The van der Waals surface area contributed by atoms with E-state index in [0.717, 1.165) is 41.1 Å². The van der Waals surface area contributed by atoms with Crippen LogP contribution in [0, 0.1) is 0 Å². The number of amides is 2. The predicted molar refractivity (Wildman–Crippen MR) is 138 cm³/mol. The molecule has 1 aromatic heterocycles. The fraction of sp³-hybridized carbons (Fsp3) is 0.286. The van der Waals surface area contributed by atoms with E-state index >= 15 is 0 Å². The Balaban J connectivity index is 1.40. The molecule has 1 saturated heterocycles. The van der Waals surface area contributed by atoms with Crippen molar-refractivity contribution in [2.45, 2.75) is 25.3 Å². The third-order valence-electron chi connectivity index (χ3n) is 6.67. The first-order valence-corrected chi connectivity index (χ1v) is 12.6. The van der Waals surface area contributed by atoms with Gasteiger partial charge in [0.15, 0.2) is 11.5 Å². The van der Waals surface area contributed by atoms with Crippen LogP contribution in [0.2, 0.25) is 0 Å². The van der Waals surface area contributed by atoms with Gasteiger partial charge in [-0.05, 0) is 71.3 Å². The smallest absolute Gasteiger partial charge is 0.247 e. The van der Waals surface area contributed by atoms with Gasteiger partial charge in [-0.1, -0.05) is 18.2 Å². The molecule has 5 rings (SSSR count). The number of anilines is 1. The van der Waals surface area contributed by atoms with Gasteiger partial charge in [-0.15, -0.1) is 11.3 Å². The number of benzene rings is 2. The fourth-order valence-corrected chi connectivity index (χ4v) is 5.74. The van der Waals surface area contributed by atoms with Gasteiger partial charge in [-0.25, -0.2) is 0 Å². The average Bonchev–Trinajstić information content (AvgIpc) is 3.58. The number of methoxy groups -OCH3 is 2. The van der Waals surface area contributed by atoms with Crippen LogP contribution in [0.3, 0.4) is 0 Å². The Kier molecular flexibility index (Phi) is 6.59. The van der Waals surface area contributed by atoms with Crippen molar-refractivity contribution in [1.29, 1.82) is 0 Å². The van der Waals surface area contributed by atoms with Crippen LogP contribution in [0.1, 0.15) is 40.5 Å². The van der Waals surface area contributed by atoms with Crippen molar-refractivity contribution in [3.8, 4) is 11.5 Å². The summed E-state index contributed by atoms with van der Waals surface area (Å²) in [5.74, 6) is 1.49. The van der Waals surface area contributed by atoms with E-state index in [1.54, 1.807) is 31.6 Å². The van der Waals surface area contributed by atoms with Crippen molar-refractivity contribution in [3.63, 3.8) is 0 Å². The van der Waals surface area contributed by atoms with Gasteiger partial charge >= 0.3 is 0 Å². The molecule has 35 heavy (non-hydrogen) atoms. The summed E-state index contributed by atoms with van der Waals surface area (Å²) in [6.07, 6.45) is 5.74. The summed E-state index contributed by atoms with van der Waals surface area (Å²) in [5.41, 5.74) is 4.06. The Bertz CT molecular complexity index is 1250. The highest BCUT2D eigenvalue weighted by Gasteiger charge is 2.33. The second-order valence-electron chi connectivity index (χ2n) is 8.68. The Hall–Kier alpha value is -3.58. The number of nitrogens with zero attached hydrogens (tertiary/aromatic N) is 2. The number of fused-ring (bicyclic) bond motifs is 1. The van der Waals surface area contributed by atoms with E-state index in [1.807, 2.05) is 63.7 Å². The lowest BCUT2D eigenvalue weighted by Gasteiger charge is -2.37. The van der Waals surface area contributed by atoms with Gasteiger partial charge in [-0.2, -0.15) is 0 Å². The lowest BCUT2D eigenvalue weighted by Crippen LogP contribution is -2.39. The van der Waals surface area contributed by atoms with Crippen LogP contribution in [0.15, 0.2) is 60.0 Å². The Morgan fingerprint density at radius 3 is 2.46 bits per heavy atom. The quantitative estimate of drug-likeness (QED) is 0.454. The molecule has 7 heteroatoms. The third kappa shape index (κ3) is 4.56. The maximum atomic E-state index is 13.4. The molecule has 3 aromatic rings. The topological polar surface area (TPSA) is 59.1 Å². The summed E-state index contributed by atoms with van der Waals surface area (Å²) in [5, 5.41) is 2.04. The molecule has 2 aromatic carbocycles. The van der Waals surface area contributed by atoms with E-state index in [4.69, 9.17) is 9.47 Å². The maximum Gasteiger partial charge on any atom is 0.247 e. The average molecular weight is 489 g/mol. The molecule has 0 bridgehead atoms. The third-order valence-corrected chi connectivity index (χ3v) is 7.59. The number of hydrogen-bond acceptors (Lipinski definition) is 5. The summed E-state index contributed by atoms with van der Waals surface area (Å²) in [6, 6.07) is 15.7. The molecule has 1 atom stereocenters. The van der Waals surface area contributed by atoms with Gasteiger partial charge in [0.1, 0.15) is 0 Å². The number of hydrogen-bond donors (Lipinski definition) is 0. The van der Waals surface area contributed by atoms with E-state index in [2.05, 4.69) is 6.07 Å². The van der Waals surface area contributed by atoms with Gasteiger partial charge in [0.05, 0.1) is 20.3 Å². The summed E-state index contributed by atoms with van der Waals surface area (Å²) < 4.78 is 11.1. The molecule has 0 N–H and O–H groups in total. The molecule has 1 unspecified atom stereocenters. The van der Waals surface area contributed by atoms with Crippen LogP contribution >= 0.6 is 11.3 Å². The monoisotopic (exact) mass is 488 g/mol. The summed E-state index contributed by atoms with van der Waals surface area (Å²) in [4.78, 5) is 30.3. The number of carbonyl (C=O) groups is 2. The predicted octanol–water partition coefficient (Wildman–Crippen LogP) is 5.08. The van der Waals surface area contributed by atoms with E-state index in [1.165, 1.54) is 5.56 Å². The molecule has 0 aliphatic carbocycles. The number of ether oxygens (including phenoxy) is 2. The molecule has 2 aliphatic heterocycles. The number of carbonyl (C=O) groups excluding carboxylic acids is 2. The minimum Gasteiger partial charge on any atom is -0.493 e. The molecule has 1 fully saturated rings. The van der Waals surface area contributed by atoms with Crippen molar-refractivity contribution in [1.82, 2.24) is 4.90 Å². The van der Waals surface area contributed by atoms with E-state index < -0.39 is 0 Å². The first-order chi connectivity index (χ1) is 17.1. The highest BCUT2D eigenvalue weighted by atomic mass is 32.1. The van der Waals surface area contributed by atoms with Crippen LogP contribution in [0.25, 0.3) is 6.08 Å². The van der Waals surface area contributed by atoms with E-state index in [9.17, 15) is 9.59 Å². The molecule has 3 heterocycles. The molecular weight excluding hydrogens is 460 g/mol. The number of thiophene rings is 1. The minimum atomic E-state index is -0.181. The SMILES string of the molecule is COc1cc2c(cc1OC)C(c1cccs1)N(C(=O)/C=C/c1ccc(N3CCCC3=O)cc1)CC2. The first-order valence-electron chi connectivity index (χ1n) is 11.8. The Labute approximate surface area is 209 Å². The lowest BCUT2D eigenvalue weighted by molar-refractivity contribution is -0.127. The number of rotatable bonds is 6. The standard InChI is InChI=1S/C28H28N2O4S/c1-33-23-17-20-13-15-30(28(25-5-4-16-35-25)22(20)18-24(23)34-2)27(32)12-9-19-7-10-21(11-8-19)29-14-3-6-26(29)31/h4-5,7-12,16-18,28H,3,6,13-15H2,1-2H3/b12-9+. The van der Waals surface area contributed by atoms with Crippen LogP contribution in [-0.2, 0) is 16.0 Å². The fourth-order valence-electron chi connectivity index (χ4n) is 4.89. The van der Waals surface area contributed by atoms with E-state index in [0.29, 0.717) is 24.5 Å². The van der Waals surface area contributed by atoms with Crippen molar-refractivity contribution in [2.24, 2.45) is 0 Å². The minimum absolute atomic E-state index is 0.0392.